The third-order valence-corrected chi connectivity index (χ3v) is 3.28. The van der Waals surface area contributed by atoms with Gasteiger partial charge in [-0.2, -0.15) is 0 Å². The van der Waals surface area contributed by atoms with Crippen molar-refractivity contribution in [2.24, 2.45) is 5.92 Å². The highest BCUT2D eigenvalue weighted by atomic mass is 15.2. The number of hydrogen-bond donors (Lipinski definition) is 1. The zero-order chi connectivity index (χ0) is 9.84. The molecule has 1 aliphatic rings. The van der Waals surface area contributed by atoms with Gasteiger partial charge in [0.25, 0.3) is 0 Å². The standard InChI is InChI=1S/C11H24N2/c1-5-10-6-11(12-4)8-13(7-10)9(2)3/h9-12H,5-8H2,1-4H3. The van der Waals surface area contributed by atoms with E-state index in [0.717, 1.165) is 5.92 Å². The maximum absolute atomic E-state index is 3.41. The summed E-state index contributed by atoms with van der Waals surface area (Å²) in [6, 6.07) is 1.41. The van der Waals surface area contributed by atoms with Gasteiger partial charge in [0.15, 0.2) is 0 Å². The van der Waals surface area contributed by atoms with Crippen LogP contribution >= 0.6 is 0 Å². The second-order valence-electron chi connectivity index (χ2n) is 4.54. The van der Waals surface area contributed by atoms with Crippen LogP contribution in [0.5, 0.6) is 0 Å². The van der Waals surface area contributed by atoms with Gasteiger partial charge in [-0.15, -0.1) is 0 Å². The molecule has 1 aliphatic heterocycles. The monoisotopic (exact) mass is 184 g/mol. The normalized spacial score (nSPS) is 31.2. The first kappa shape index (κ1) is 11.0. The lowest BCUT2D eigenvalue weighted by Gasteiger charge is -2.39. The van der Waals surface area contributed by atoms with E-state index in [1.807, 2.05) is 0 Å². The van der Waals surface area contributed by atoms with E-state index in [2.05, 4.69) is 38.0 Å². The van der Waals surface area contributed by atoms with Crippen LogP contribution in [0.25, 0.3) is 0 Å². The number of rotatable bonds is 3. The van der Waals surface area contributed by atoms with E-state index in [0.29, 0.717) is 12.1 Å². The summed E-state index contributed by atoms with van der Waals surface area (Å²) in [7, 11) is 2.08. The molecule has 0 saturated carbocycles. The predicted molar refractivity (Wildman–Crippen MR) is 58.0 cm³/mol. The molecule has 2 heteroatoms. The summed E-state index contributed by atoms with van der Waals surface area (Å²) in [4.78, 5) is 2.60. The van der Waals surface area contributed by atoms with Gasteiger partial charge >= 0.3 is 0 Å². The maximum Gasteiger partial charge on any atom is 0.0195 e. The number of likely N-dealkylation sites (tertiary alicyclic amines) is 1. The van der Waals surface area contributed by atoms with Crippen molar-refractivity contribution < 1.29 is 0 Å². The van der Waals surface area contributed by atoms with Gasteiger partial charge in [-0.05, 0) is 33.2 Å². The number of likely N-dealkylation sites (N-methyl/N-ethyl adjacent to an activating group) is 1. The first-order valence-electron chi connectivity index (χ1n) is 5.58. The molecule has 2 atom stereocenters. The minimum absolute atomic E-state index is 0.699. The Bertz CT molecular complexity index is 133. The molecule has 0 aromatic heterocycles. The summed E-state index contributed by atoms with van der Waals surface area (Å²) in [5, 5.41) is 3.41. The molecular weight excluding hydrogens is 160 g/mol. The molecule has 0 spiro atoms. The minimum Gasteiger partial charge on any atom is -0.316 e. The zero-order valence-electron chi connectivity index (χ0n) is 9.51. The highest BCUT2D eigenvalue weighted by Crippen LogP contribution is 2.20. The smallest absolute Gasteiger partial charge is 0.0195 e. The molecule has 1 N–H and O–H groups in total. The van der Waals surface area contributed by atoms with Gasteiger partial charge in [-0.1, -0.05) is 13.3 Å². The van der Waals surface area contributed by atoms with Crippen LogP contribution in [0.15, 0.2) is 0 Å². The Kier molecular flexibility index (Phi) is 4.20. The van der Waals surface area contributed by atoms with E-state index in [1.54, 1.807) is 0 Å². The first-order chi connectivity index (χ1) is 6.17. The van der Waals surface area contributed by atoms with Crippen LogP contribution in [-0.2, 0) is 0 Å². The highest BCUT2D eigenvalue weighted by Gasteiger charge is 2.26. The Morgan fingerprint density at radius 3 is 2.54 bits per heavy atom. The molecule has 0 aliphatic carbocycles. The predicted octanol–water partition coefficient (Wildman–Crippen LogP) is 1.71. The minimum atomic E-state index is 0.699. The second-order valence-corrected chi connectivity index (χ2v) is 4.54. The average molecular weight is 184 g/mol. The molecular formula is C11H24N2. The molecule has 1 fully saturated rings. The van der Waals surface area contributed by atoms with Gasteiger partial charge < -0.3 is 5.32 Å². The van der Waals surface area contributed by atoms with Crippen molar-refractivity contribution in [3.63, 3.8) is 0 Å². The molecule has 78 valence electrons. The van der Waals surface area contributed by atoms with Crippen LogP contribution in [0.1, 0.15) is 33.6 Å². The molecule has 2 unspecified atom stereocenters. The highest BCUT2D eigenvalue weighted by molar-refractivity contribution is 4.83. The van der Waals surface area contributed by atoms with Gasteiger partial charge in [-0.25, -0.2) is 0 Å². The van der Waals surface area contributed by atoms with Crippen molar-refractivity contribution in [2.75, 3.05) is 20.1 Å². The largest absolute Gasteiger partial charge is 0.316 e. The molecule has 1 heterocycles. The van der Waals surface area contributed by atoms with Crippen molar-refractivity contribution in [3.05, 3.63) is 0 Å². The van der Waals surface area contributed by atoms with Crippen molar-refractivity contribution in [3.8, 4) is 0 Å². The number of piperidine rings is 1. The number of nitrogens with one attached hydrogen (secondary N) is 1. The molecule has 0 amide bonds. The van der Waals surface area contributed by atoms with Crippen LogP contribution in [-0.4, -0.2) is 37.1 Å². The van der Waals surface area contributed by atoms with E-state index in [4.69, 9.17) is 0 Å². The fourth-order valence-electron chi connectivity index (χ4n) is 2.17. The zero-order valence-corrected chi connectivity index (χ0v) is 9.51. The Hall–Kier alpha value is -0.0800. The van der Waals surface area contributed by atoms with Crippen molar-refractivity contribution in [1.82, 2.24) is 10.2 Å². The maximum atomic E-state index is 3.41. The van der Waals surface area contributed by atoms with E-state index in [-0.39, 0.29) is 0 Å². The van der Waals surface area contributed by atoms with E-state index in [9.17, 15) is 0 Å². The van der Waals surface area contributed by atoms with Crippen molar-refractivity contribution in [1.29, 1.82) is 0 Å². The average Bonchev–Trinajstić information content (AvgIpc) is 2.16. The molecule has 0 radical (unpaired) electrons. The Morgan fingerprint density at radius 2 is 2.08 bits per heavy atom. The Morgan fingerprint density at radius 1 is 1.38 bits per heavy atom. The topological polar surface area (TPSA) is 15.3 Å². The van der Waals surface area contributed by atoms with E-state index < -0.39 is 0 Å². The van der Waals surface area contributed by atoms with Gasteiger partial charge in [0.1, 0.15) is 0 Å². The summed E-state index contributed by atoms with van der Waals surface area (Å²) in [5.41, 5.74) is 0. The third kappa shape index (κ3) is 2.96. The lowest BCUT2D eigenvalue weighted by molar-refractivity contribution is 0.112. The first-order valence-corrected chi connectivity index (χ1v) is 5.58. The lowest BCUT2D eigenvalue weighted by atomic mass is 9.91. The molecule has 0 bridgehead atoms. The van der Waals surface area contributed by atoms with Gasteiger partial charge in [0.05, 0.1) is 0 Å². The Balaban J connectivity index is 2.49. The summed E-state index contributed by atoms with van der Waals surface area (Å²) in [5.74, 6) is 0.897. The molecule has 2 nitrogen and oxygen atoms in total. The van der Waals surface area contributed by atoms with Gasteiger partial charge in [-0.3, -0.25) is 4.90 Å². The van der Waals surface area contributed by atoms with Gasteiger partial charge in [0.2, 0.25) is 0 Å². The van der Waals surface area contributed by atoms with Crippen LogP contribution in [0, 0.1) is 5.92 Å². The quantitative estimate of drug-likeness (QED) is 0.718. The molecule has 1 rings (SSSR count). The number of hydrogen-bond acceptors (Lipinski definition) is 2. The molecule has 13 heavy (non-hydrogen) atoms. The van der Waals surface area contributed by atoms with Crippen LogP contribution < -0.4 is 5.32 Å². The SMILES string of the molecule is CCC1CC(NC)CN(C(C)C)C1. The van der Waals surface area contributed by atoms with Crippen LogP contribution in [0.3, 0.4) is 0 Å². The van der Waals surface area contributed by atoms with E-state index in [1.165, 1.54) is 25.9 Å². The van der Waals surface area contributed by atoms with Crippen molar-refractivity contribution >= 4 is 0 Å². The summed E-state index contributed by atoms with van der Waals surface area (Å²) in [6.45, 7) is 9.42. The van der Waals surface area contributed by atoms with Crippen LogP contribution in [0.2, 0.25) is 0 Å². The van der Waals surface area contributed by atoms with Crippen molar-refractivity contribution in [2.45, 2.75) is 45.7 Å². The van der Waals surface area contributed by atoms with Gasteiger partial charge in [0, 0.05) is 25.2 Å². The van der Waals surface area contributed by atoms with E-state index >= 15 is 0 Å². The molecule has 1 saturated heterocycles. The number of nitrogens with zero attached hydrogens (tertiary/aromatic N) is 1. The summed E-state index contributed by atoms with van der Waals surface area (Å²) >= 11 is 0. The molecule has 0 aromatic carbocycles. The summed E-state index contributed by atoms with van der Waals surface area (Å²) in [6.07, 6.45) is 2.68. The lowest BCUT2D eigenvalue weighted by Crippen LogP contribution is -2.50. The summed E-state index contributed by atoms with van der Waals surface area (Å²) < 4.78 is 0. The molecule has 0 aromatic rings. The van der Waals surface area contributed by atoms with Crippen LogP contribution in [0.4, 0.5) is 0 Å². The fraction of sp³-hybridized carbons (Fsp3) is 1.00. The Labute approximate surface area is 82.7 Å². The fourth-order valence-corrected chi connectivity index (χ4v) is 2.17. The second kappa shape index (κ2) is 4.97. The third-order valence-electron chi connectivity index (χ3n) is 3.28.